The molecule has 0 saturated carbocycles. The van der Waals surface area contributed by atoms with Crippen LogP contribution in [0.15, 0.2) is 41.3 Å². The van der Waals surface area contributed by atoms with Crippen molar-refractivity contribution in [2.24, 2.45) is 5.92 Å². The minimum absolute atomic E-state index is 0.106. The van der Waals surface area contributed by atoms with Gasteiger partial charge in [0.1, 0.15) is 5.75 Å². The zero-order valence-corrected chi connectivity index (χ0v) is 21.8. The van der Waals surface area contributed by atoms with Crippen LogP contribution in [0.1, 0.15) is 25.3 Å². The van der Waals surface area contributed by atoms with Crippen LogP contribution < -0.4 is 18.9 Å². The van der Waals surface area contributed by atoms with Gasteiger partial charge in [0.05, 0.1) is 38.7 Å². The van der Waals surface area contributed by atoms with Crippen LogP contribution in [0, 0.1) is 5.92 Å². The van der Waals surface area contributed by atoms with Gasteiger partial charge in [0, 0.05) is 26.7 Å². The zero-order valence-electron chi connectivity index (χ0n) is 20.9. The molecule has 35 heavy (non-hydrogen) atoms. The Morgan fingerprint density at radius 3 is 2.23 bits per heavy atom. The smallest absolute Gasteiger partial charge is 0.243 e. The van der Waals surface area contributed by atoms with E-state index in [1.54, 1.807) is 48.3 Å². The second kappa shape index (κ2) is 11.6. The van der Waals surface area contributed by atoms with Crippen molar-refractivity contribution in [3.05, 3.63) is 42.0 Å². The Hall–Kier alpha value is -2.98. The Morgan fingerprint density at radius 1 is 1.06 bits per heavy atom. The molecule has 1 aliphatic heterocycles. The lowest BCUT2D eigenvalue weighted by atomic mass is 9.98. The van der Waals surface area contributed by atoms with E-state index in [1.165, 1.54) is 25.6 Å². The third kappa shape index (κ3) is 5.99. The quantitative estimate of drug-likeness (QED) is 0.489. The first-order valence-electron chi connectivity index (χ1n) is 11.5. The molecule has 10 heteroatoms. The molecule has 9 nitrogen and oxygen atoms in total. The van der Waals surface area contributed by atoms with Crippen LogP contribution >= 0.6 is 0 Å². The lowest BCUT2D eigenvalue weighted by molar-refractivity contribution is -0.135. The van der Waals surface area contributed by atoms with Crippen LogP contribution in [0.2, 0.25) is 0 Å². The summed E-state index contributed by atoms with van der Waals surface area (Å²) in [5.41, 5.74) is 0.810. The third-order valence-corrected chi connectivity index (χ3v) is 7.91. The largest absolute Gasteiger partial charge is 0.494 e. The number of carbonyl (C=O) groups is 1. The average molecular weight is 507 g/mol. The van der Waals surface area contributed by atoms with E-state index in [0.29, 0.717) is 55.5 Å². The number of piperidine rings is 1. The lowest BCUT2D eigenvalue weighted by Crippen LogP contribution is -2.45. The van der Waals surface area contributed by atoms with Crippen molar-refractivity contribution in [1.82, 2.24) is 9.21 Å². The molecule has 0 aliphatic carbocycles. The molecule has 1 aliphatic rings. The molecule has 0 radical (unpaired) electrons. The van der Waals surface area contributed by atoms with E-state index in [4.69, 9.17) is 18.9 Å². The van der Waals surface area contributed by atoms with Crippen LogP contribution in [-0.2, 0) is 21.4 Å². The summed E-state index contributed by atoms with van der Waals surface area (Å²) in [6, 6.07) is 9.98. The van der Waals surface area contributed by atoms with E-state index < -0.39 is 15.9 Å². The monoisotopic (exact) mass is 506 g/mol. The van der Waals surface area contributed by atoms with Gasteiger partial charge >= 0.3 is 0 Å². The Labute approximate surface area is 207 Å². The van der Waals surface area contributed by atoms with E-state index in [0.717, 1.165) is 5.56 Å². The van der Waals surface area contributed by atoms with Gasteiger partial charge in [-0.3, -0.25) is 4.79 Å². The number of amides is 1. The molecule has 0 aromatic heterocycles. The molecule has 1 amide bonds. The molecule has 192 valence electrons. The molecule has 2 aromatic rings. The lowest BCUT2D eigenvalue weighted by Gasteiger charge is -2.33. The van der Waals surface area contributed by atoms with Crippen LogP contribution in [0.25, 0.3) is 0 Å². The number of ether oxygens (including phenoxy) is 4. The molecule has 1 atom stereocenters. The number of sulfonamides is 1. The standard InChI is InChI=1S/C25H34N2O7S/c1-6-34-20-9-11-21(12-10-20)35(29,30)27-13-7-8-19(17-27)25(28)26(2)16-18-14-22(31-3)24(33-5)23(15-18)32-4/h9-12,14-15,19H,6-8,13,16-17H2,1-5H3/t19-/m1/s1. The molecule has 0 N–H and O–H groups in total. The maximum Gasteiger partial charge on any atom is 0.243 e. The minimum Gasteiger partial charge on any atom is -0.494 e. The molecule has 0 spiro atoms. The number of benzene rings is 2. The number of carbonyl (C=O) groups excluding carboxylic acids is 1. The normalized spacial score (nSPS) is 16.4. The first-order chi connectivity index (χ1) is 16.7. The van der Waals surface area contributed by atoms with Gasteiger partial charge in [0.2, 0.25) is 21.7 Å². The van der Waals surface area contributed by atoms with Crippen LogP contribution in [0.5, 0.6) is 23.0 Å². The first kappa shape index (κ1) is 26.6. The fraction of sp³-hybridized carbons (Fsp3) is 0.480. The average Bonchev–Trinajstić information content (AvgIpc) is 2.88. The molecule has 1 fully saturated rings. The van der Waals surface area contributed by atoms with Gasteiger partial charge in [-0.05, 0) is 61.7 Å². The second-order valence-corrected chi connectivity index (χ2v) is 10.3. The number of hydrogen-bond acceptors (Lipinski definition) is 7. The summed E-state index contributed by atoms with van der Waals surface area (Å²) in [7, 11) is 2.62. The Balaban J connectivity index is 1.72. The summed E-state index contributed by atoms with van der Waals surface area (Å²) < 4.78 is 49.4. The van der Waals surface area contributed by atoms with Crippen LogP contribution in [-0.4, -0.2) is 71.6 Å². The fourth-order valence-corrected chi connectivity index (χ4v) is 5.80. The van der Waals surface area contributed by atoms with Gasteiger partial charge in [-0.1, -0.05) is 0 Å². The molecule has 2 aromatic carbocycles. The summed E-state index contributed by atoms with van der Waals surface area (Å²) >= 11 is 0. The second-order valence-electron chi connectivity index (χ2n) is 8.33. The van der Waals surface area contributed by atoms with E-state index in [9.17, 15) is 13.2 Å². The van der Waals surface area contributed by atoms with E-state index in [-0.39, 0.29) is 17.3 Å². The summed E-state index contributed by atoms with van der Waals surface area (Å²) in [6.45, 7) is 3.22. The maximum absolute atomic E-state index is 13.3. The van der Waals surface area contributed by atoms with Gasteiger partial charge in [-0.25, -0.2) is 8.42 Å². The van der Waals surface area contributed by atoms with Gasteiger partial charge < -0.3 is 23.8 Å². The van der Waals surface area contributed by atoms with Gasteiger partial charge in [0.15, 0.2) is 11.5 Å². The summed E-state index contributed by atoms with van der Waals surface area (Å²) in [6.07, 6.45) is 1.25. The molecular weight excluding hydrogens is 472 g/mol. The van der Waals surface area contributed by atoms with Gasteiger partial charge in [-0.15, -0.1) is 0 Å². The van der Waals surface area contributed by atoms with Crippen molar-refractivity contribution in [1.29, 1.82) is 0 Å². The van der Waals surface area contributed by atoms with E-state index in [1.807, 2.05) is 6.92 Å². The van der Waals surface area contributed by atoms with Crippen molar-refractivity contribution in [3.63, 3.8) is 0 Å². The topological polar surface area (TPSA) is 94.6 Å². The number of nitrogens with zero attached hydrogens (tertiary/aromatic N) is 2. The Kier molecular flexibility index (Phi) is 8.85. The van der Waals surface area contributed by atoms with Crippen LogP contribution in [0.4, 0.5) is 0 Å². The summed E-state index contributed by atoms with van der Waals surface area (Å²) in [5, 5.41) is 0. The zero-order chi connectivity index (χ0) is 25.6. The van der Waals surface area contributed by atoms with Crippen molar-refractivity contribution < 1.29 is 32.2 Å². The van der Waals surface area contributed by atoms with Crippen molar-refractivity contribution in [2.75, 3.05) is 48.1 Å². The van der Waals surface area contributed by atoms with Gasteiger partial charge in [0.25, 0.3) is 0 Å². The van der Waals surface area contributed by atoms with E-state index in [2.05, 4.69) is 0 Å². The first-order valence-corrected chi connectivity index (χ1v) is 13.0. The molecule has 1 heterocycles. The summed E-state index contributed by atoms with van der Waals surface area (Å²) in [5.74, 6) is 1.58. The third-order valence-electron chi connectivity index (χ3n) is 6.03. The highest BCUT2D eigenvalue weighted by Gasteiger charge is 2.34. The summed E-state index contributed by atoms with van der Waals surface area (Å²) in [4.78, 5) is 15.1. The van der Waals surface area contributed by atoms with Gasteiger partial charge in [-0.2, -0.15) is 4.31 Å². The van der Waals surface area contributed by atoms with Crippen molar-refractivity contribution in [3.8, 4) is 23.0 Å². The molecule has 3 rings (SSSR count). The molecule has 0 unspecified atom stereocenters. The number of rotatable bonds is 10. The van der Waals surface area contributed by atoms with Crippen molar-refractivity contribution >= 4 is 15.9 Å². The fourth-order valence-electron chi connectivity index (χ4n) is 4.28. The SMILES string of the molecule is CCOc1ccc(S(=O)(=O)N2CCC[C@@H](C(=O)N(C)Cc3cc(OC)c(OC)c(OC)c3)C2)cc1. The Bertz CT molecular complexity index is 1090. The predicted octanol–water partition coefficient (Wildman–Crippen LogP) is 3.17. The Morgan fingerprint density at radius 2 is 1.69 bits per heavy atom. The molecule has 1 saturated heterocycles. The highest BCUT2D eigenvalue weighted by Crippen LogP contribution is 2.38. The highest BCUT2D eigenvalue weighted by atomic mass is 32.2. The predicted molar refractivity (Wildman–Crippen MR) is 132 cm³/mol. The minimum atomic E-state index is -3.71. The molecular formula is C25H34N2O7S. The highest BCUT2D eigenvalue weighted by molar-refractivity contribution is 7.89. The maximum atomic E-state index is 13.3. The molecule has 0 bridgehead atoms. The van der Waals surface area contributed by atoms with Crippen molar-refractivity contribution in [2.45, 2.75) is 31.2 Å². The van der Waals surface area contributed by atoms with E-state index >= 15 is 0 Å². The number of methoxy groups -OCH3 is 3. The number of hydrogen-bond donors (Lipinski definition) is 0. The van der Waals surface area contributed by atoms with Crippen LogP contribution in [0.3, 0.4) is 0 Å².